The first-order chi connectivity index (χ1) is 22.7. The van der Waals surface area contributed by atoms with Crippen molar-refractivity contribution in [3.8, 4) is 0 Å². The summed E-state index contributed by atoms with van der Waals surface area (Å²) in [6.07, 6.45) is -11.5. The molecule has 260 valence electrons. The maximum atomic E-state index is 13.1. The van der Waals surface area contributed by atoms with E-state index in [1.54, 1.807) is 0 Å². The fourth-order valence-electron chi connectivity index (χ4n) is 5.59. The van der Waals surface area contributed by atoms with Crippen LogP contribution in [-0.2, 0) is 37.1 Å². The molecule has 7 heterocycles. The molecule has 3 saturated heterocycles. The number of rotatable bonds is 2. The van der Waals surface area contributed by atoms with E-state index in [9.17, 15) is 38.7 Å². The molecule has 4 unspecified atom stereocenters. The summed E-state index contributed by atoms with van der Waals surface area (Å²) in [5.41, 5.74) is 9.56. The fourth-order valence-corrected chi connectivity index (χ4v) is 7.22. The number of hydrogen-bond acceptors (Lipinski definition) is 18. The largest absolute Gasteiger partial charge is 0.387 e. The number of nitrogens with one attached hydrogen (secondary N) is 2. The predicted molar refractivity (Wildman–Crippen MR) is 156 cm³/mol. The van der Waals surface area contributed by atoms with Crippen LogP contribution in [-0.4, -0.2) is 122 Å². The third-order valence-corrected chi connectivity index (χ3v) is 9.87. The zero-order valence-corrected chi connectivity index (χ0v) is 26.0. The van der Waals surface area contributed by atoms with E-state index in [1.165, 1.54) is 9.13 Å². The molecule has 26 heteroatoms. The Labute approximate surface area is 265 Å². The van der Waals surface area contributed by atoms with Gasteiger partial charge >= 0.3 is 15.2 Å². The van der Waals surface area contributed by atoms with E-state index in [4.69, 9.17) is 39.5 Å². The van der Waals surface area contributed by atoms with Crippen LogP contribution in [0.25, 0.3) is 22.3 Å². The highest BCUT2D eigenvalue weighted by Crippen LogP contribution is 2.48. The van der Waals surface area contributed by atoms with Crippen LogP contribution in [0.4, 0.5) is 11.9 Å². The molecular weight excluding hydrogens is 690 g/mol. The average Bonchev–Trinajstić information content (AvgIpc) is 3.76. The molecule has 0 aromatic carbocycles. The molecule has 0 aliphatic carbocycles. The monoisotopic (exact) mass is 718 g/mol. The van der Waals surface area contributed by atoms with Crippen LogP contribution >= 0.6 is 15.2 Å². The van der Waals surface area contributed by atoms with Crippen LogP contribution in [0.1, 0.15) is 12.5 Å². The zero-order valence-electron chi connectivity index (χ0n) is 24.2. The molecule has 0 spiro atoms. The minimum Gasteiger partial charge on any atom is -0.387 e. The lowest BCUT2D eigenvalue weighted by atomic mass is 10.1. The maximum absolute atomic E-state index is 13.1. The van der Waals surface area contributed by atoms with Gasteiger partial charge in [0.15, 0.2) is 34.8 Å². The van der Waals surface area contributed by atoms with Gasteiger partial charge in [0.25, 0.3) is 11.1 Å². The van der Waals surface area contributed by atoms with Gasteiger partial charge in [-0.1, -0.05) is 0 Å². The Morgan fingerprint density at radius 3 is 1.54 bits per heavy atom. The number of ether oxygens (including phenoxy) is 4. The number of fused-ring (bicyclic) bond motifs is 6. The molecule has 7 rings (SSSR count). The summed E-state index contributed by atoms with van der Waals surface area (Å²) < 4.78 is 62.0. The highest BCUT2D eigenvalue weighted by atomic mass is 31.2. The molecule has 0 saturated carbocycles. The number of anilines is 2. The second-order valence-corrected chi connectivity index (χ2v) is 14.6. The second-order valence-electron chi connectivity index (χ2n) is 11.0. The van der Waals surface area contributed by atoms with Gasteiger partial charge in [-0.3, -0.25) is 37.8 Å². The summed E-state index contributed by atoms with van der Waals surface area (Å²) in [4.78, 5) is 66.6. The number of nitrogens with two attached hydrogens (primary N) is 2. The van der Waals surface area contributed by atoms with Crippen LogP contribution in [0.3, 0.4) is 0 Å². The van der Waals surface area contributed by atoms with E-state index in [2.05, 4.69) is 29.9 Å². The van der Waals surface area contributed by atoms with Crippen LogP contribution in [0.2, 0.25) is 0 Å². The summed E-state index contributed by atoms with van der Waals surface area (Å²) in [6.45, 7) is -1.45. The maximum Gasteiger partial charge on any atom is 0.353 e. The lowest BCUT2D eigenvalue weighted by Crippen LogP contribution is -2.37. The van der Waals surface area contributed by atoms with Gasteiger partial charge in [0.1, 0.15) is 49.3 Å². The summed E-state index contributed by atoms with van der Waals surface area (Å²) in [7, 11) is -9.33. The summed E-state index contributed by atoms with van der Waals surface area (Å²) in [5, 5.41) is 22.2. The van der Waals surface area contributed by atoms with Crippen molar-refractivity contribution >= 4 is 49.4 Å². The molecule has 4 aromatic heterocycles. The van der Waals surface area contributed by atoms with E-state index in [0.29, 0.717) is 0 Å². The molecule has 24 nitrogen and oxygen atoms in total. The zero-order chi connectivity index (χ0) is 34.1. The lowest BCUT2D eigenvalue weighted by molar-refractivity contribution is -0.0711. The molecule has 3 aliphatic heterocycles. The molecule has 4 bridgehead atoms. The minimum absolute atomic E-state index is 0.0796. The molecule has 10 N–H and O–H groups in total. The summed E-state index contributed by atoms with van der Waals surface area (Å²) >= 11 is 0. The van der Waals surface area contributed by atoms with Crippen molar-refractivity contribution in [1.82, 2.24) is 39.0 Å². The van der Waals surface area contributed by atoms with E-state index in [1.807, 2.05) is 0 Å². The fraction of sp³-hybridized carbons (Fsp3) is 0.545. The first-order valence-electron chi connectivity index (χ1n) is 14.0. The Kier molecular flexibility index (Phi) is 8.25. The van der Waals surface area contributed by atoms with Gasteiger partial charge in [-0.25, -0.2) is 9.97 Å². The standard InChI is InChI=1S/C22H28N10O14P2/c23-21-27-15-9(17(35)29-21)25-3-31(15)19-13-11(33)7(45-19)1-43-47(37,38)5-41-14-12(34)8(2-44-48(39,40)6-42-13)46-20(14)32-4-26-10-16(32)28-22(24)30-18(10)36/h3-4,7-8,11-14,19-20,33-34H,1-2,5-6H2,(H,37,38)(H,39,40)(H3,23,27,29,35)(H3,24,28,30,36)/t7-,8-,11+,12+,13?,14?,19-,20-/m1/s1. The Morgan fingerprint density at radius 1 is 0.750 bits per heavy atom. The van der Waals surface area contributed by atoms with Crippen molar-refractivity contribution in [2.45, 2.75) is 49.1 Å². The smallest absolute Gasteiger partial charge is 0.353 e. The van der Waals surface area contributed by atoms with Crippen molar-refractivity contribution < 1.29 is 57.1 Å². The third kappa shape index (κ3) is 5.95. The number of aromatic nitrogens is 8. The quantitative estimate of drug-likeness (QED) is 0.0959. The number of nitrogens with zero attached hydrogens (tertiary/aromatic N) is 6. The number of hydrogen-bond donors (Lipinski definition) is 8. The Morgan fingerprint density at radius 2 is 1.15 bits per heavy atom. The van der Waals surface area contributed by atoms with Crippen LogP contribution in [0, 0.1) is 0 Å². The normalized spacial score (nSPS) is 36.6. The summed E-state index contributed by atoms with van der Waals surface area (Å²) in [5.74, 6) is -0.525. The average molecular weight is 718 g/mol. The minimum atomic E-state index is -4.67. The first-order valence-corrected chi connectivity index (χ1v) is 17.5. The van der Waals surface area contributed by atoms with Crippen molar-refractivity contribution in [2.24, 2.45) is 0 Å². The topological polar surface area (TPSA) is 350 Å². The van der Waals surface area contributed by atoms with Crippen molar-refractivity contribution in [3.05, 3.63) is 33.4 Å². The summed E-state index contributed by atoms with van der Waals surface area (Å²) in [6, 6.07) is 0. The van der Waals surface area contributed by atoms with E-state index >= 15 is 0 Å². The molecule has 48 heavy (non-hydrogen) atoms. The van der Waals surface area contributed by atoms with Crippen molar-refractivity contribution in [1.29, 1.82) is 0 Å². The molecule has 10 atom stereocenters. The highest BCUT2D eigenvalue weighted by molar-refractivity contribution is 7.52. The van der Waals surface area contributed by atoms with E-state index < -0.39 is 101 Å². The Bertz CT molecular complexity index is 1940. The van der Waals surface area contributed by atoms with Gasteiger partial charge in [0, 0.05) is 0 Å². The third-order valence-electron chi connectivity index (χ3n) is 7.82. The van der Waals surface area contributed by atoms with Gasteiger partial charge in [-0.15, -0.1) is 0 Å². The molecule has 0 amide bonds. The van der Waals surface area contributed by atoms with Crippen molar-refractivity contribution in [2.75, 3.05) is 37.4 Å². The lowest BCUT2D eigenvalue weighted by Gasteiger charge is -2.24. The van der Waals surface area contributed by atoms with Gasteiger partial charge in [-0.05, 0) is 0 Å². The van der Waals surface area contributed by atoms with Crippen LogP contribution in [0.15, 0.2) is 22.2 Å². The number of H-pyrrole nitrogens is 2. The Hall–Kier alpha value is -3.64. The van der Waals surface area contributed by atoms with Gasteiger partial charge in [0.05, 0.1) is 25.9 Å². The molecule has 3 aliphatic rings. The first kappa shape index (κ1) is 32.9. The number of nitrogen functional groups attached to an aromatic ring is 2. The van der Waals surface area contributed by atoms with Crippen molar-refractivity contribution in [3.63, 3.8) is 0 Å². The number of imidazole rings is 2. The van der Waals surface area contributed by atoms with Gasteiger partial charge in [-0.2, -0.15) is 9.97 Å². The number of aromatic amines is 2. The Balaban J connectivity index is 1.19. The van der Waals surface area contributed by atoms with Crippen LogP contribution in [0.5, 0.6) is 0 Å². The van der Waals surface area contributed by atoms with Gasteiger partial charge in [0.2, 0.25) is 11.9 Å². The highest BCUT2D eigenvalue weighted by Gasteiger charge is 2.50. The molecule has 4 aromatic rings. The number of aliphatic hydroxyl groups is 2. The van der Waals surface area contributed by atoms with E-state index in [-0.39, 0.29) is 34.2 Å². The second kappa shape index (κ2) is 12.0. The molecule has 0 radical (unpaired) electrons. The SMILES string of the molecule is Nc1nc2c(ncn2[C@@H]2O[C@@H]3COP(=O)(O)COC4[C@@H](O)[C@@H](COP(=O)(O)COC2[C@H]3O)O[C@H]4n2cnc3c(=O)[nH]c(N)nc32)c(=O)[nH]1. The van der Waals surface area contributed by atoms with Crippen LogP contribution < -0.4 is 22.6 Å². The van der Waals surface area contributed by atoms with E-state index in [0.717, 1.165) is 12.7 Å². The predicted octanol–water partition coefficient (Wildman–Crippen LogP) is -2.96. The molecular formula is C22H28N10O14P2. The van der Waals surface area contributed by atoms with Gasteiger partial charge < -0.3 is 59.5 Å². The number of aliphatic hydroxyl groups excluding tert-OH is 2. The molecule has 3 fully saturated rings.